The van der Waals surface area contributed by atoms with Gasteiger partial charge in [-0.2, -0.15) is 5.26 Å². The number of nitriles is 1. The first-order valence-corrected chi connectivity index (χ1v) is 5.84. The van der Waals surface area contributed by atoms with Crippen LogP contribution >= 0.6 is 11.6 Å². The molecule has 0 aromatic heterocycles. The number of rotatable bonds is 3. The molecule has 4 heteroatoms. The van der Waals surface area contributed by atoms with Crippen LogP contribution in [0.1, 0.15) is 25.3 Å². The van der Waals surface area contributed by atoms with Crippen molar-refractivity contribution in [2.75, 3.05) is 0 Å². The van der Waals surface area contributed by atoms with Gasteiger partial charge in [0.2, 0.25) is 0 Å². The molecule has 0 spiro atoms. The van der Waals surface area contributed by atoms with E-state index in [0.717, 1.165) is 12.8 Å². The molecule has 1 aromatic carbocycles. The molecular weight excluding hydrogens is 238 g/mol. The van der Waals surface area contributed by atoms with Crippen molar-refractivity contribution in [2.45, 2.75) is 25.9 Å². The summed E-state index contributed by atoms with van der Waals surface area (Å²) in [4.78, 5) is 11.0. The molecule has 0 N–H and O–H groups in total. The molecular formula is C13H12ClNO2. The van der Waals surface area contributed by atoms with E-state index in [4.69, 9.17) is 21.6 Å². The zero-order valence-corrected chi connectivity index (χ0v) is 10.2. The van der Waals surface area contributed by atoms with Crippen LogP contribution in [0.15, 0.2) is 18.2 Å². The van der Waals surface area contributed by atoms with Crippen LogP contribution in [-0.2, 0) is 4.79 Å². The smallest absolute Gasteiger partial charge is 0.133 e. The summed E-state index contributed by atoms with van der Waals surface area (Å²) in [6, 6.07) is 7.00. The number of hydrogen-bond acceptors (Lipinski definition) is 3. The first-order chi connectivity index (χ1) is 8.10. The number of benzene rings is 1. The van der Waals surface area contributed by atoms with Gasteiger partial charge in [0.15, 0.2) is 0 Å². The monoisotopic (exact) mass is 249 g/mol. The predicted molar refractivity (Wildman–Crippen MR) is 64.0 cm³/mol. The van der Waals surface area contributed by atoms with Gasteiger partial charge >= 0.3 is 0 Å². The molecule has 0 unspecified atom stereocenters. The molecule has 1 fully saturated rings. The Morgan fingerprint density at radius 2 is 2.24 bits per heavy atom. The Morgan fingerprint density at radius 1 is 1.53 bits per heavy atom. The van der Waals surface area contributed by atoms with E-state index in [1.807, 2.05) is 6.07 Å². The van der Waals surface area contributed by atoms with Crippen molar-refractivity contribution < 1.29 is 9.53 Å². The lowest BCUT2D eigenvalue weighted by atomic mass is 9.80. The molecule has 88 valence electrons. The van der Waals surface area contributed by atoms with Gasteiger partial charge in [-0.25, -0.2) is 0 Å². The molecule has 0 heterocycles. The maximum absolute atomic E-state index is 11.0. The quantitative estimate of drug-likeness (QED) is 0.828. The van der Waals surface area contributed by atoms with Gasteiger partial charge in [0.05, 0.1) is 10.6 Å². The number of halogens is 1. The average Bonchev–Trinajstić information content (AvgIpc) is 2.22. The third-order valence-electron chi connectivity index (χ3n) is 3.03. The number of hydrogen-bond donors (Lipinski definition) is 0. The fourth-order valence-corrected chi connectivity index (χ4v) is 2.06. The highest BCUT2D eigenvalue weighted by Crippen LogP contribution is 2.33. The van der Waals surface area contributed by atoms with E-state index in [1.165, 1.54) is 0 Å². The van der Waals surface area contributed by atoms with E-state index in [2.05, 4.69) is 0 Å². The van der Waals surface area contributed by atoms with E-state index in [-0.39, 0.29) is 17.8 Å². The minimum Gasteiger partial charge on any atom is -0.490 e. The molecule has 0 radical (unpaired) electrons. The predicted octanol–water partition coefficient (Wildman–Crippen LogP) is 2.96. The number of carbonyl (C=O) groups excluding carboxylic acids is 1. The first kappa shape index (κ1) is 11.9. The molecule has 17 heavy (non-hydrogen) atoms. The van der Waals surface area contributed by atoms with E-state index in [9.17, 15) is 4.79 Å². The SMILES string of the molecule is CC(=O)[C@H]1C[C@H](Oc2ccc(C#N)c(Cl)c2)C1. The molecule has 2 rings (SSSR count). The summed E-state index contributed by atoms with van der Waals surface area (Å²) < 4.78 is 5.66. The molecule has 0 bridgehead atoms. The van der Waals surface area contributed by atoms with E-state index < -0.39 is 0 Å². The van der Waals surface area contributed by atoms with E-state index in [1.54, 1.807) is 25.1 Å². The number of nitrogens with zero attached hydrogens (tertiary/aromatic N) is 1. The molecule has 0 amide bonds. The highest BCUT2D eigenvalue weighted by molar-refractivity contribution is 6.31. The molecule has 3 nitrogen and oxygen atoms in total. The second kappa shape index (κ2) is 4.77. The van der Waals surface area contributed by atoms with Crippen LogP contribution in [0.5, 0.6) is 5.75 Å². The van der Waals surface area contributed by atoms with Crippen molar-refractivity contribution >= 4 is 17.4 Å². The van der Waals surface area contributed by atoms with Gasteiger partial charge in [-0.3, -0.25) is 4.79 Å². The second-order valence-corrected chi connectivity index (χ2v) is 4.68. The molecule has 1 saturated carbocycles. The molecule has 1 aromatic rings. The summed E-state index contributed by atoms with van der Waals surface area (Å²) in [5.41, 5.74) is 0.439. The van der Waals surface area contributed by atoms with Gasteiger partial charge in [0, 0.05) is 12.0 Å². The Kier molecular flexibility index (Phi) is 3.35. The summed E-state index contributed by atoms with van der Waals surface area (Å²) in [6.45, 7) is 1.61. The highest BCUT2D eigenvalue weighted by atomic mass is 35.5. The summed E-state index contributed by atoms with van der Waals surface area (Å²) in [5, 5.41) is 9.13. The Hall–Kier alpha value is -1.53. The third kappa shape index (κ3) is 2.59. The van der Waals surface area contributed by atoms with Gasteiger partial charge in [-0.1, -0.05) is 11.6 Å². The minimum atomic E-state index is 0.0907. The van der Waals surface area contributed by atoms with Crippen LogP contribution in [0.4, 0.5) is 0 Å². The lowest BCUT2D eigenvalue weighted by molar-refractivity contribution is -0.126. The highest BCUT2D eigenvalue weighted by Gasteiger charge is 2.33. The summed E-state index contributed by atoms with van der Waals surface area (Å²) in [5.74, 6) is 1.03. The lowest BCUT2D eigenvalue weighted by Crippen LogP contribution is -2.37. The van der Waals surface area contributed by atoms with Gasteiger partial charge in [0.1, 0.15) is 23.7 Å². The number of ketones is 1. The van der Waals surface area contributed by atoms with Gasteiger partial charge in [0.25, 0.3) is 0 Å². The van der Waals surface area contributed by atoms with Gasteiger partial charge in [-0.15, -0.1) is 0 Å². The van der Waals surface area contributed by atoms with Crippen molar-refractivity contribution in [3.63, 3.8) is 0 Å². The minimum absolute atomic E-state index is 0.0907. The normalized spacial score (nSPS) is 22.4. The zero-order chi connectivity index (χ0) is 12.4. The fraction of sp³-hybridized carbons (Fsp3) is 0.385. The fourth-order valence-electron chi connectivity index (χ4n) is 1.85. The Labute approximate surface area is 105 Å². The van der Waals surface area contributed by atoms with Crippen LogP contribution in [-0.4, -0.2) is 11.9 Å². The summed E-state index contributed by atoms with van der Waals surface area (Å²) in [7, 11) is 0. The number of Topliss-reactive ketones (excluding diaryl/α,β-unsaturated/α-hetero) is 1. The average molecular weight is 250 g/mol. The molecule has 1 aliphatic carbocycles. The Balaban J connectivity index is 1.95. The molecule has 0 aliphatic heterocycles. The van der Waals surface area contributed by atoms with Gasteiger partial charge in [-0.05, 0) is 31.9 Å². The maximum Gasteiger partial charge on any atom is 0.133 e. The zero-order valence-electron chi connectivity index (χ0n) is 9.44. The number of carbonyl (C=O) groups is 1. The molecule has 0 atom stereocenters. The van der Waals surface area contributed by atoms with E-state index in [0.29, 0.717) is 16.3 Å². The van der Waals surface area contributed by atoms with Crippen LogP contribution in [0.25, 0.3) is 0 Å². The maximum atomic E-state index is 11.0. The van der Waals surface area contributed by atoms with Crippen molar-refractivity contribution in [2.24, 2.45) is 5.92 Å². The molecule has 1 aliphatic rings. The van der Waals surface area contributed by atoms with Crippen molar-refractivity contribution in [1.82, 2.24) is 0 Å². The summed E-state index contributed by atoms with van der Waals surface area (Å²) >= 11 is 5.90. The largest absolute Gasteiger partial charge is 0.490 e. The summed E-state index contributed by atoms with van der Waals surface area (Å²) in [6.07, 6.45) is 1.63. The van der Waals surface area contributed by atoms with Crippen LogP contribution in [0.3, 0.4) is 0 Å². The van der Waals surface area contributed by atoms with Gasteiger partial charge < -0.3 is 4.74 Å². The van der Waals surface area contributed by atoms with Crippen molar-refractivity contribution in [1.29, 1.82) is 5.26 Å². The molecule has 0 saturated heterocycles. The van der Waals surface area contributed by atoms with Crippen LogP contribution in [0, 0.1) is 17.2 Å². The number of ether oxygens (including phenoxy) is 1. The lowest BCUT2D eigenvalue weighted by Gasteiger charge is -2.33. The topological polar surface area (TPSA) is 50.1 Å². The van der Waals surface area contributed by atoms with Crippen LogP contribution in [0.2, 0.25) is 5.02 Å². The van der Waals surface area contributed by atoms with Crippen LogP contribution < -0.4 is 4.74 Å². The Bertz CT molecular complexity index is 487. The van der Waals surface area contributed by atoms with E-state index >= 15 is 0 Å². The first-order valence-electron chi connectivity index (χ1n) is 5.47. The standard InChI is InChI=1S/C13H12ClNO2/c1-8(16)10-4-12(5-10)17-11-3-2-9(7-15)13(14)6-11/h2-3,6,10,12H,4-5H2,1H3/t10-,12-. The van der Waals surface area contributed by atoms with Crippen molar-refractivity contribution in [3.8, 4) is 11.8 Å². The second-order valence-electron chi connectivity index (χ2n) is 4.27. The third-order valence-corrected chi connectivity index (χ3v) is 3.35. The Morgan fingerprint density at radius 3 is 2.76 bits per heavy atom. The van der Waals surface area contributed by atoms with Crippen molar-refractivity contribution in [3.05, 3.63) is 28.8 Å².